The molecule has 2 aromatic rings. The Morgan fingerprint density at radius 2 is 1.78 bits per heavy atom. The van der Waals surface area contributed by atoms with E-state index in [1.807, 2.05) is 24.3 Å². The summed E-state index contributed by atoms with van der Waals surface area (Å²) in [5, 5.41) is 13.2. The minimum absolute atomic E-state index is 0.0711. The monoisotopic (exact) mass is 313 g/mol. The summed E-state index contributed by atoms with van der Waals surface area (Å²) in [6.45, 7) is 0.496. The van der Waals surface area contributed by atoms with Crippen LogP contribution in [0.25, 0.3) is 10.8 Å². The molecule has 0 saturated heterocycles. The Hall–Kier alpha value is -2.36. The first-order valence-corrected chi connectivity index (χ1v) is 8.12. The summed E-state index contributed by atoms with van der Waals surface area (Å²) >= 11 is 0. The molecule has 0 spiro atoms. The van der Waals surface area contributed by atoms with E-state index in [2.05, 4.69) is 23.5 Å². The number of nitrogens with one attached hydrogen (secondary N) is 1. The predicted octanol–water partition coefficient (Wildman–Crippen LogP) is 4.34. The average molecular weight is 313 g/mol. The van der Waals surface area contributed by atoms with Gasteiger partial charge in [0.25, 0.3) is 0 Å². The van der Waals surface area contributed by atoms with Gasteiger partial charge in [0, 0.05) is 12.5 Å². The number of fused-ring (bicyclic) bond motifs is 1. The van der Waals surface area contributed by atoms with Crippen LogP contribution in [0.2, 0.25) is 0 Å². The lowest BCUT2D eigenvalue weighted by Gasteiger charge is -2.13. The molecule has 2 N–H and O–H groups in total. The minimum atomic E-state index is -0.970. The van der Waals surface area contributed by atoms with E-state index in [1.165, 1.54) is 0 Å². The molecule has 4 heteroatoms. The van der Waals surface area contributed by atoms with Crippen LogP contribution in [0.3, 0.4) is 0 Å². The topological polar surface area (TPSA) is 66.4 Å². The van der Waals surface area contributed by atoms with Crippen molar-refractivity contribution in [2.75, 3.05) is 6.54 Å². The molecule has 1 unspecified atom stereocenters. The van der Waals surface area contributed by atoms with E-state index in [0.29, 0.717) is 6.54 Å². The second kappa shape index (κ2) is 8.93. The van der Waals surface area contributed by atoms with Crippen LogP contribution in [-0.2, 0) is 4.79 Å². The summed E-state index contributed by atoms with van der Waals surface area (Å²) in [5.41, 5.74) is 1.10. The molecule has 0 saturated carbocycles. The van der Waals surface area contributed by atoms with E-state index in [9.17, 15) is 9.59 Å². The highest BCUT2D eigenvalue weighted by atomic mass is 16.4. The number of hydrogen-bond acceptors (Lipinski definition) is 2. The zero-order chi connectivity index (χ0) is 16.5. The van der Waals surface area contributed by atoms with Gasteiger partial charge in [-0.3, -0.25) is 0 Å². The standard InChI is InChI=1S/C19H23NO3/c21-14-16(9-3-1-2-6-13-20-19(22)23)18-12-7-10-15-8-4-5-11-17(15)18/h4-5,7-8,10-12,14,16,20H,1-3,6,9,13H2,(H,22,23). The summed E-state index contributed by atoms with van der Waals surface area (Å²) in [6.07, 6.45) is 4.71. The number of aldehydes is 1. The first-order chi connectivity index (χ1) is 11.2. The number of carbonyl (C=O) groups excluding carboxylic acids is 1. The van der Waals surface area contributed by atoms with E-state index < -0.39 is 6.09 Å². The van der Waals surface area contributed by atoms with Crippen LogP contribution in [0, 0.1) is 0 Å². The van der Waals surface area contributed by atoms with E-state index in [4.69, 9.17) is 5.11 Å². The van der Waals surface area contributed by atoms with Gasteiger partial charge in [0.05, 0.1) is 0 Å². The minimum Gasteiger partial charge on any atom is -0.465 e. The Bertz CT molecular complexity index is 649. The van der Waals surface area contributed by atoms with Crippen molar-refractivity contribution in [1.29, 1.82) is 0 Å². The van der Waals surface area contributed by atoms with Gasteiger partial charge in [0.15, 0.2) is 0 Å². The fourth-order valence-corrected chi connectivity index (χ4v) is 2.91. The molecule has 1 atom stereocenters. The lowest BCUT2D eigenvalue weighted by molar-refractivity contribution is -0.109. The first kappa shape index (κ1) is 17.0. The summed E-state index contributed by atoms with van der Waals surface area (Å²) in [4.78, 5) is 21.8. The Morgan fingerprint density at radius 1 is 1.04 bits per heavy atom. The molecule has 0 fully saturated rings. The fourth-order valence-electron chi connectivity index (χ4n) is 2.91. The number of hydrogen-bond donors (Lipinski definition) is 2. The number of carboxylic acid groups (broad SMARTS) is 1. The predicted molar refractivity (Wildman–Crippen MR) is 91.9 cm³/mol. The Kier molecular flexibility index (Phi) is 6.60. The van der Waals surface area contributed by atoms with Crippen LogP contribution in [-0.4, -0.2) is 24.0 Å². The van der Waals surface area contributed by atoms with E-state index in [0.717, 1.165) is 54.7 Å². The SMILES string of the molecule is O=CC(CCCCCCNC(=O)O)c1cccc2ccccc12. The zero-order valence-corrected chi connectivity index (χ0v) is 13.2. The molecule has 0 aliphatic carbocycles. The van der Waals surface area contributed by atoms with Crippen molar-refractivity contribution in [3.63, 3.8) is 0 Å². The highest BCUT2D eigenvalue weighted by molar-refractivity contribution is 5.88. The maximum atomic E-state index is 11.5. The summed E-state index contributed by atoms with van der Waals surface area (Å²) < 4.78 is 0. The normalized spacial score (nSPS) is 12.0. The van der Waals surface area contributed by atoms with Gasteiger partial charge in [0.2, 0.25) is 0 Å². The lowest BCUT2D eigenvalue weighted by atomic mass is 9.90. The van der Waals surface area contributed by atoms with Gasteiger partial charge in [-0.2, -0.15) is 0 Å². The molecule has 2 rings (SSSR count). The van der Waals surface area contributed by atoms with Gasteiger partial charge in [-0.1, -0.05) is 61.7 Å². The van der Waals surface area contributed by atoms with Gasteiger partial charge < -0.3 is 15.2 Å². The van der Waals surface area contributed by atoms with Crippen LogP contribution in [0.15, 0.2) is 42.5 Å². The van der Waals surface area contributed by atoms with Gasteiger partial charge >= 0.3 is 6.09 Å². The molecule has 4 nitrogen and oxygen atoms in total. The van der Waals surface area contributed by atoms with Crippen molar-refractivity contribution in [2.24, 2.45) is 0 Å². The van der Waals surface area contributed by atoms with Crippen molar-refractivity contribution in [2.45, 2.75) is 38.0 Å². The van der Waals surface area contributed by atoms with E-state index >= 15 is 0 Å². The second-order valence-corrected chi connectivity index (χ2v) is 5.75. The molecule has 1 amide bonds. The summed E-state index contributed by atoms with van der Waals surface area (Å²) in [7, 11) is 0. The number of amides is 1. The highest BCUT2D eigenvalue weighted by Gasteiger charge is 2.13. The molecular weight excluding hydrogens is 290 g/mol. The van der Waals surface area contributed by atoms with E-state index in [1.54, 1.807) is 0 Å². The van der Waals surface area contributed by atoms with Crippen LogP contribution >= 0.6 is 0 Å². The van der Waals surface area contributed by atoms with Gasteiger partial charge in [-0.15, -0.1) is 0 Å². The highest BCUT2D eigenvalue weighted by Crippen LogP contribution is 2.28. The Morgan fingerprint density at radius 3 is 2.57 bits per heavy atom. The molecule has 0 heterocycles. The molecule has 23 heavy (non-hydrogen) atoms. The quantitative estimate of drug-likeness (QED) is 0.534. The summed E-state index contributed by atoms with van der Waals surface area (Å²) in [5.74, 6) is -0.0711. The third-order valence-corrected chi connectivity index (χ3v) is 4.11. The number of unbranched alkanes of at least 4 members (excludes halogenated alkanes) is 3. The maximum Gasteiger partial charge on any atom is 0.404 e. The van der Waals surface area contributed by atoms with Crippen LogP contribution in [0.5, 0.6) is 0 Å². The van der Waals surface area contributed by atoms with Crippen molar-refractivity contribution in [1.82, 2.24) is 5.32 Å². The number of benzene rings is 2. The summed E-state index contributed by atoms with van der Waals surface area (Å²) in [6, 6.07) is 14.3. The lowest BCUT2D eigenvalue weighted by Crippen LogP contribution is -2.21. The largest absolute Gasteiger partial charge is 0.465 e. The molecule has 0 bridgehead atoms. The smallest absolute Gasteiger partial charge is 0.404 e. The zero-order valence-electron chi connectivity index (χ0n) is 13.2. The van der Waals surface area contributed by atoms with Crippen molar-refractivity contribution < 1.29 is 14.7 Å². The van der Waals surface area contributed by atoms with E-state index in [-0.39, 0.29) is 5.92 Å². The third-order valence-electron chi connectivity index (χ3n) is 4.11. The molecule has 0 radical (unpaired) electrons. The first-order valence-electron chi connectivity index (χ1n) is 8.12. The fraction of sp³-hybridized carbons (Fsp3) is 0.368. The van der Waals surface area contributed by atoms with Gasteiger partial charge in [-0.25, -0.2) is 4.79 Å². The molecule has 0 aliphatic rings. The van der Waals surface area contributed by atoms with Crippen LogP contribution in [0.1, 0.15) is 43.6 Å². The van der Waals surface area contributed by atoms with Gasteiger partial charge in [0.1, 0.15) is 6.29 Å². The molecule has 122 valence electrons. The second-order valence-electron chi connectivity index (χ2n) is 5.75. The van der Waals surface area contributed by atoms with Crippen LogP contribution < -0.4 is 5.32 Å². The molecule has 0 aliphatic heterocycles. The van der Waals surface area contributed by atoms with Crippen molar-refractivity contribution in [3.8, 4) is 0 Å². The van der Waals surface area contributed by atoms with Crippen LogP contribution in [0.4, 0.5) is 4.79 Å². The average Bonchev–Trinajstić information content (AvgIpc) is 2.57. The molecular formula is C19H23NO3. The molecule has 2 aromatic carbocycles. The number of carbonyl (C=O) groups is 2. The third kappa shape index (κ3) is 5.09. The van der Waals surface area contributed by atoms with Crippen molar-refractivity contribution >= 4 is 23.2 Å². The Labute approximate surface area is 136 Å². The molecule has 0 aromatic heterocycles. The maximum absolute atomic E-state index is 11.5. The number of rotatable bonds is 9. The van der Waals surface area contributed by atoms with Gasteiger partial charge in [-0.05, 0) is 29.2 Å². The Balaban J connectivity index is 1.85. The van der Waals surface area contributed by atoms with Crippen molar-refractivity contribution in [3.05, 3.63) is 48.0 Å².